The van der Waals surface area contributed by atoms with Crippen LogP contribution in [0, 0.1) is 6.92 Å². The van der Waals surface area contributed by atoms with E-state index >= 15 is 0 Å². The predicted molar refractivity (Wildman–Crippen MR) is 71.1 cm³/mol. The third-order valence-corrected chi connectivity index (χ3v) is 2.89. The molecule has 0 unspecified atom stereocenters. The van der Waals surface area contributed by atoms with Gasteiger partial charge in [-0.3, -0.25) is 4.79 Å². The van der Waals surface area contributed by atoms with E-state index in [-0.39, 0.29) is 19.1 Å². The molecule has 1 rings (SSSR count). The minimum atomic E-state index is -0.189. The Balaban J connectivity index is 2.87. The average molecular weight is 272 g/mol. The number of aliphatic hydroxyl groups is 1. The van der Waals surface area contributed by atoms with Gasteiger partial charge < -0.3 is 14.7 Å². The fourth-order valence-electron chi connectivity index (χ4n) is 1.60. The topological polar surface area (TPSA) is 49.8 Å². The van der Waals surface area contributed by atoms with Crippen molar-refractivity contribution in [3.8, 4) is 0 Å². The van der Waals surface area contributed by atoms with Crippen molar-refractivity contribution in [2.75, 3.05) is 33.4 Å². The van der Waals surface area contributed by atoms with Crippen LogP contribution in [0.1, 0.15) is 15.9 Å². The highest BCUT2D eigenvalue weighted by atomic mass is 35.5. The number of aliphatic hydroxyl groups excluding tert-OH is 1. The van der Waals surface area contributed by atoms with E-state index in [1.165, 1.54) is 4.90 Å². The fourth-order valence-corrected chi connectivity index (χ4v) is 1.92. The van der Waals surface area contributed by atoms with Crippen molar-refractivity contribution < 1.29 is 14.6 Å². The lowest BCUT2D eigenvalue weighted by atomic mass is 10.1. The normalized spacial score (nSPS) is 10.4. The summed E-state index contributed by atoms with van der Waals surface area (Å²) in [6.45, 7) is 2.96. The monoisotopic (exact) mass is 271 g/mol. The lowest BCUT2D eigenvalue weighted by Crippen LogP contribution is -2.36. The Morgan fingerprint density at radius 3 is 2.72 bits per heavy atom. The molecule has 5 heteroatoms. The summed E-state index contributed by atoms with van der Waals surface area (Å²) in [7, 11) is 1.57. The first-order chi connectivity index (χ1) is 8.60. The van der Waals surface area contributed by atoms with Crippen LogP contribution in [0.15, 0.2) is 18.2 Å². The smallest absolute Gasteiger partial charge is 0.255 e. The first-order valence-corrected chi connectivity index (χ1v) is 6.13. The van der Waals surface area contributed by atoms with Crippen LogP contribution in [0.3, 0.4) is 0 Å². The summed E-state index contributed by atoms with van der Waals surface area (Å²) in [5.41, 5.74) is 1.45. The van der Waals surface area contributed by atoms with Gasteiger partial charge in [0.15, 0.2) is 0 Å². The molecule has 0 aliphatic heterocycles. The Hall–Kier alpha value is -1.10. The van der Waals surface area contributed by atoms with Crippen molar-refractivity contribution in [2.24, 2.45) is 0 Å². The molecule has 0 saturated heterocycles. The number of aryl methyl sites for hydroxylation is 1. The van der Waals surface area contributed by atoms with Crippen LogP contribution in [-0.4, -0.2) is 49.3 Å². The second-order valence-electron chi connectivity index (χ2n) is 3.99. The molecule has 0 spiro atoms. The van der Waals surface area contributed by atoms with E-state index in [1.807, 2.05) is 13.0 Å². The lowest BCUT2D eigenvalue weighted by molar-refractivity contribution is 0.0656. The molecule has 1 aromatic rings. The summed E-state index contributed by atoms with van der Waals surface area (Å²) >= 11 is 6.06. The molecular formula is C13H18ClNO3. The summed E-state index contributed by atoms with van der Waals surface area (Å²) < 4.78 is 4.95. The van der Waals surface area contributed by atoms with Crippen molar-refractivity contribution in [3.05, 3.63) is 34.3 Å². The highest BCUT2D eigenvalue weighted by molar-refractivity contribution is 6.33. The van der Waals surface area contributed by atoms with E-state index < -0.39 is 0 Å². The highest BCUT2D eigenvalue weighted by Gasteiger charge is 2.17. The maximum atomic E-state index is 12.2. The summed E-state index contributed by atoms with van der Waals surface area (Å²) in [6, 6.07) is 5.30. The third-order valence-electron chi connectivity index (χ3n) is 2.58. The number of ether oxygens (including phenoxy) is 1. The van der Waals surface area contributed by atoms with E-state index in [9.17, 15) is 4.79 Å². The highest BCUT2D eigenvalue weighted by Crippen LogP contribution is 2.19. The van der Waals surface area contributed by atoms with Crippen LogP contribution >= 0.6 is 11.6 Å². The first kappa shape index (κ1) is 15.0. The van der Waals surface area contributed by atoms with Gasteiger partial charge in [-0.15, -0.1) is 0 Å². The van der Waals surface area contributed by atoms with E-state index in [2.05, 4.69) is 0 Å². The fraction of sp³-hybridized carbons (Fsp3) is 0.462. The molecule has 0 aliphatic carbocycles. The SMILES string of the molecule is COCCN(CCO)C(=O)c1ccc(C)cc1Cl. The number of benzene rings is 1. The predicted octanol–water partition coefficient (Wildman–Crippen LogP) is 1.73. The Morgan fingerprint density at radius 2 is 2.17 bits per heavy atom. The Bertz CT molecular complexity index is 409. The summed E-state index contributed by atoms with van der Waals surface area (Å²) in [5, 5.41) is 9.41. The number of nitrogens with zero attached hydrogens (tertiary/aromatic N) is 1. The van der Waals surface area contributed by atoms with Crippen LogP contribution < -0.4 is 0 Å². The van der Waals surface area contributed by atoms with Crippen LogP contribution in [0.25, 0.3) is 0 Å². The zero-order chi connectivity index (χ0) is 13.5. The molecule has 1 aromatic carbocycles. The van der Waals surface area contributed by atoms with Gasteiger partial charge in [0.05, 0.1) is 23.8 Å². The molecule has 0 fully saturated rings. The van der Waals surface area contributed by atoms with Gasteiger partial charge in [-0.05, 0) is 24.6 Å². The molecular weight excluding hydrogens is 254 g/mol. The molecule has 0 heterocycles. The largest absolute Gasteiger partial charge is 0.395 e. The number of hydrogen-bond donors (Lipinski definition) is 1. The van der Waals surface area contributed by atoms with Gasteiger partial charge in [0, 0.05) is 20.2 Å². The molecule has 100 valence electrons. The molecule has 0 aromatic heterocycles. The molecule has 0 atom stereocenters. The number of halogens is 1. The van der Waals surface area contributed by atoms with Gasteiger partial charge in [-0.2, -0.15) is 0 Å². The van der Waals surface area contributed by atoms with E-state index in [0.717, 1.165) is 5.56 Å². The van der Waals surface area contributed by atoms with Gasteiger partial charge in [0.1, 0.15) is 0 Å². The Kier molecular flexibility index (Phi) is 6.12. The first-order valence-electron chi connectivity index (χ1n) is 5.75. The maximum Gasteiger partial charge on any atom is 0.255 e. The van der Waals surface area contributed by atoms with Crippen LogP contribution in [0.4, 0.5) is 0 Å². The van der Waals surface area contributed by atoms with Gasteiger partial charge in [-0.25, -0.2) is 0 Å². The molecule has 4 nitrogen and oxygen atoms in total. The average Bonchev–Trinajstić information content (AvgIpc) is 2.33. The Labute approximate surface area is 112 Å². The number of carbonyl (C=O) groups excluding carboxylic acids is 1. The van der Waals surface area contributed by atoms with Crippen molar-refractivity contribution in [1.82, 2.24) is 4.90 Å². The van der Waals surface area contributed by atoms with Crippen LogP contribution in [0.2, 0.25) is 5.02 Å². The number of hydrogen-bond acceptors (Lipinski definition) is 3. The Morgan fingerprint density at radius 1 is 1.44 bits per heavy atom. The molecule has 0 saturated carbocycles. The van der Waals surface area contributed by atoms with Crippen molar-refractivity contribution in [1.29, 1.82) is 0 Å². The van der Waals surface area contributed by atoms with Crippen molar-refractivity contribution in [3.63, 3.8) is 0 Å². The standard InChI is InChI=1S/C13H18ClNO3/c1-10-3-4-11(12(14)9-10)13(17)15(5-7-16)6-8-18-2/h3-4,9,16H,5-8H2,1-2H3. The summed E-state index contributed by atoms with van der Waals surface area (Å²) in [6.07, 6.45) is 0. The van der Waals surface area contributed by atoms with Gasteiger partial charge in [0.25, 0.3) is 5.91 Å². The number of methoxy groups -OCH3 is 1. The van der Waals surface area contributed by atoms with Crippen molar-refractivity contribution in [2.45, 2.75) is 6.92 Å². The second kappa shape index (κ2) is 7.36. The van der Waals surface area contributed by atoms with Crippen molar-refractivity contribution >= 4 is 17.5 Å². The van der Waals surface area contributed by atoms with E-state index in [4.69, 9.17) is 21.4 Å². The zero-order valence-electron chi connectivity index (χ0n) is 10.6. The molecule has 1 amide bonds. The number of amides is 1. The van der Waals surface area contributed by atoms with Gasteiger partial charge in [0.2, 0.25) is 0 Å². The van der Waals surface area contributed by atoms with Gasteiger partial charge >= 0.3 is 0 Å². The van der Waals surface area contributed by atoms with E-state index in [1.54, 1.807) is 19.2 Å². The maximum absolute atomic E-state index is 12.2. The molecule has 0 aliphatic rings. The lowest BCUT2D eigenvalue weighted by Gasteiger charge is -2.22. The molecule has 18 heavy (non-hydrogen) atoms. The third kappa shape index (κ3) is 3.98. The molecule has 1 N–H and O–H groups in total. The molecule has 0 radical (unpaired) electrons. The van der Waals surface area contributed by atoms with Crippen LogP contribution in [0.5, 0.6) is 0 Å². The number of rotatable bonds is 6. The minimum Gasteiger partial charge on any atom is -0.395 e. The second-order valence-corrected chi connectivity index (χ2v) is 4.40. The zero-order valence-corrected chi connectivity index (χ0v) is 11.4. The summed E-state index contributed by atoms with van der Waals surface area (Å²) in [5.74, 6) is -0.189. The van der Waals surface area contributed by atoms with Crippen LogP contribution in [-0.2, 0) is 4.74 Å². The van der Waals surface area contributed by atoms with Gasteiger partial charge in [-0.1, -0.05) is 17.7 Å². The van der Waals surface area contributed by atoms with E-state index in [0.29, 0.717) is 23.7 Å². The minimum absolute atomic E-state index is 0.0844. The number of carbonyl (C=O) groups is 1. The quantitative estimate of drug-likeness (QED) is 0.857. The molecule has 0 bridgehead atoms. The summed E-state index contributed by atoms with van der Waals surface area (Å²) in [4.78, 5) is 13.8.